The van der Waals surface area contributed by atoms with Gasteiger partial charge in [-0.1, -0.05) is 52.0 Å². The van der Waals surface area contributed by atoms with Gasteiger partial charge in [0, 0.05) is 6.20 Å². The maximum Gasteiger partial charge on any atom is 0.127 e. The van der Waals surface area contributed by atoms with Gasteiger partial charge in [0.05, 0.1) is 6.04 Å². The van der Waals surface area contributed by atoms with E-state index in [0.29, 0.717) is 17.9 Å². The summed E-state index contributed by atoms with van der Waals surface area (Å²) in [5.41, 5.74) is 4.89. The predicted octanol–water partition coefficient (Wildman–Crippen LogP) is 5.04. The zero-order valence-electron chi connectivity index (χ0n) is 17.5. The summed E-state index contributed by atoms with van der Waals surface area (Å²) in [5, 5.41) is 16.2. The van der Waals surface area contributed by atoms with Gasteiger partial charge in [0.2, 0.25) is 0 Å². The monoisotopic (exact) mass is 387 g/mol. The zero-order valence-corrected chi connectivity index (χ0v) is 17.5. The Balaban J connectivity index is 0.000000660. The van der Waals surface area contributed by atoms with Gasteiger partial charge in [0.25, 0.3) is 0 Å². The number of hydrogen-bond acceptors (Lipinski definition) is 4. The number of hydroxylamine groups is 1. The lowest BCUT2D eigenvalue weighted by atomic mass is 9.84. The van der Waals surface area contributed by atoms with Crippen LogP contribution in [0, 0.1) is 11.7 Å². The molecule has 4 nitrogen and oxygen atoms in total. The molecule has 1 fully saturated rings. The molecule has 0 radical (unpaired) electrons. The number of hydrogen-bond donors (Lipinski definition) is 3. The molecule has 0 amide bonds. The third kappa shape index (κ3) is 5.31. The molecular formula is C23H34FN3O. The number of hydrazine groups is 1. The Morgan fingerprint density at radius 1 is 1.04 bits per heavy atom. The van der Waals surface area contributed by atoms with Crippen molar-refractivity contribution in [3.8, 4) is 0 Å². The van der Waals surface area contributed by atoms with Crippen molar-refractivity contribution in [1.29, 1.82) is 0 Å². The van der Waals surface area contributed by atoms with E-state index in [1.165, 1.54) is 5.57 Å². The van der Waals surface area contributed by atoms with Gasteiger partial charge in [-0.3, -0.25) is 5.21 Å². The van der Waals surface area contributed by atoms with E-state index in [0.717, 1.165) is 41.9 Å². The van der Waals surface area contributed by atoms with E-state index in [9.17, 15) is 9.60 Å². The van der Waals surface area contributed by atoms with E-state index in [1.54, 1.807) is 12.3 Å². The SMILES string of the molecule is CC.CC.ON1C=C(C2CCNCC2)C(Cc2cc3ccccc3cc2F)N1. The molecule has 3 N–H and O–H groups in total. The topological polar surface area (TPSA) is 47.5 Å². The summed E-state index contributed by atoms with van der Waals surface area (Å²) < 4.78 is 14.5. The summed E-state index contributed by atoms with van der Waals surface area (Å²) in [4.78, 5) is 0. The van der Waals surface area contributed by atoms with Gasteiger partial charge in [0.15, 0.2) is 0 Å². The summed E-state index contributed by atoms with van der Waals surface area (Å²) in [7, 11) is 0. The maximum absolute atomic E-state index is 14.5. The second-order valence-electron chi connectivity index (χ2n) is 6.67. The highest BCUT2D eigenvalue weighted by Crippen LogP contribution is 2.30. The lowest BCUT2D eigenvalue weighted by molar-refractivity contribution is -0.0840. The first kappa shape index (κ1) is 22.3. The molecule has 2 aliphatic heterocycles. The van der Waals surface area contributed by atoms with Gasteiger partial charge in [-0.25, -0.2) is 9.82 Å². The number of rotatable bonds is 3. The number of nitrogens with zero attached hydrogens (tertiary/aromatic N) is 1. The number of piperidine rings is 1. The maximum atomic E-state index is 14.5. The van der Waals surface area contributed by atoms with E-state index < -0.39 is 0 Å². The van der Waals surface area contributed by atoms with Crippen LogP contribution in [0.1, 0.15) is 46.1 Å². The molecule has 4 rings (SSSR count). The molecule has 0 bridgehead atoms. The van der Waals surface area contributed by atoms with Crippen LogP contribution in [0.25, 0.3) is 10.8 Å². The van der Waals surface area contributed by atoms with Crippen LogP contribution in [0.4, 0.5) is 4.39 Å². The molecule has 2 aromatic rings. The van der Waals surface area contributed by atoms with Crippen LogP contribution in [0.2, 0.25) is 0 Å². The van der Waals surface area contributed by atoms with Crippen molar-refractivity contribution >= 4 is 10.8 Å². The largest absolute Gasteiger partial charge is 0.317 e. The second kappa shape index (κ2) is 11.1. The van der Waals surface area contributed by atoms with Crippen molar-refractivity contribution in [2.45, 2.75) is 53.0 Å². The van der Waals surface area contributed by atoms with Crippen LogP contribution in [-0.2, 0) is 6.42 Å². The minimum atomic E-state index is -0.184. The normalized spacial score (nSPS) is 19.4. The first-order valence-corrected chi connectivity index (χ1v) is 10.5. The minimum Gasteiger partial charge on any atom is -0.317 e. The molecule has 1 unspecified atom stereocenters. The molecule has 1 saturated heterocycles. The number of fused-ring (bicyclic) bond motifs is 1. The first-order valence-electron chi connectivity index (χ1n) is 10.5. The number of nitrogens with one attached hydrogen (secondary N) is 2. The van der Waals surface area contributed by atoms with Crippen LogP contribution in [0.5, 0.6) is 0 Å². The van der Waals surface area contributed by atoms with Gasteiger partial charge in [-0.05, 0) is 72.3 Å². The van der Waals surface area contributed by atoms with Crippen molar-refractivity contribution in [3.05, 3.63) is 59.6 Å². The van der Waals surface area contributed by atoms with Gasteiger partial charge in [0.1, 0.15) is 5.82 Å². The fourth-order valence-electron chi connectivity index (χ4n) is 3.85. The quantitative estimate of drug-likeness (QED) is 0.691. The highest BCUT2D eigenvalue weighted by Gasteiger charge is 2.30. The molecule has 0 aliphatic carbocycles. The van der Waals surface area contributed by atoms with Crippen LogP contribution < -0.4 is 10.7 Å². The molecule has 0 spiro atoms. The molecule has 1 atom stereocenters. The molecule has 0 aromatic heterocycles. The van der Waals surface area contributed by atoms with Crippen molar-refractivity contribution < 1.29 is 9.60 Å². The van der Waals surface area contributed by atoms with E-state index in [1.807, 2.05) is 58.0 Å². The van der Waals surface area contributed by atoms with E-state index in [4.69, 9.17) is 0 Å². The van der Waals surface area contributed by atoms with Crippen molar-refractivity contribution in [2.75, 3.05) is 13.1 Å². The van der Waals surface area contributed by atoms with Gasteiger partial charge in [-0.2, -0.15) is 5.17 Å². The predicted molar refractivity (Wildman–Crippen MR) is 115 cm³/mol. The van der Waals surface area contributed by atoms with Gasteiger partial charge >= 0.3 is 0 Å². The highest BCUT2D eigenvalue weighted by molar-refractivity contribution is 5.83. The molecule has 0 saturated carbocycles. The molecule has 2 aliphatic rings. The van der Waals surface area contributed by atoms with E-state index >= 15 is 0 Å². The first-order chi connectivity index (χ1) is 13.7. The summed E-state index contributed by atoms with van der Waals surface area (Å²) in [6, 6.07) is 11.3. The van der Waals surface area contributed by atoms with Crippen LogP contribution >= 0.6 is 0 Å². The highest BCUT2D eigenvalue weighted by atomic mass is 19.1. The zero-order chi connectivity index (χ0) is 20.5. The fourth-order valence-corrected chi connectivity index (χ4v) is 3.85. The number of halogens is 1. The van der Waals surface area contributed by atoms with Gasteiger partial charge in [-0.15, -0.1) is 0 Å². The molecule has 5 heteroatoms. The molecular weight excluding hydrogens is 353 g/mol. The summed E-state index contributed by atoms with van der Waals surface area (Å²) in [6.07, 6.45) is 4.40. The van der Waals surface area contributed by atoms with Crippen molar-refractivity contribution in [2.24, 2.45) is 5.92 Å². The van der Waals surface area contributed by atoms with Crippen LogP contribution in [0.15, 0.2) is 48.2 Å². The van der Waals surface area contributed by atoms with Crippen molar-refractivity contribution in [1.82, 2.24) is 15.9 Å². The Bertz CT molecular complexity index is 772. The minimum absolute atomic E-state index is 0.0613. The second-order valence-corrected chi connectivity index (χ2v) is 6.67. The van der Waals surface area contributed by atoms with Crippen molar-refractivity contribution in [3.63, 3.8) is 0 Å². The summed E-state index contributed by atoms with van der Waals surface area (Å²) in [5.74, 6) is 0.251. The average molecular weight is 388 g/mol. The Morgan fingerprint density at radius 3 is 2.29 bits per heavy atom. The Labute approximate surface area is 168 Å². The lowest BCUT2D eigenvalue weighted by Crippen LogP contribution is -2.38. The van der Waals surface area contributed by atoms with Crippen LogP contribution in [0.3, 0.4) is 0 Å². The molecule has 2 aromatic carbocycles. The third-order valence-electron chi connectivity index (χ3n) is 5.11. The van der Waals surface area contributed by atoms with Gasteiger partial charge < -0.3 is 5.32 Å². The summed E-state index contributed by atoms with van der Waals surface area (Å²) >= 11 is 0. The standard InChI is InChI=1S/C19H22FN3O.2C2H6/c20-18-10-15-4-2-1-3-14(15)9-16(18)11-19-17(12-23(24)22-19)13-5-7-21-8-6-13;2*1-2/h1-4,9-10,12-13,19,21-22,24H,5-8,11H2;2*1-2H3. The Morgan fingerprint density at radius 2 is 1.64 bits per heavy atom. The third-order valence-corrected chi connectivity index (χ3v) is 5.11. The van der Waals surface area contributed by atoms with E-state index in [2.05, 4.69) is 10.7 Å². The fraction of sp³-hybridized carbons (Fsp3) is 0.478. The lowest BCUT2D eigenvalue weighted by Gasteiger charge is -2.27. The smallest absolute Gasteiger partial charge is 0.127 e. The average Bonchev–Trinajstić information content (AvgIpc) is 3.12. The van der Waals surface area contributed by atoms with Crippen LogP contribution in [-0.4, -0.2) is 29.5 Å². The summed E-state index contributed by atoms with van der Waals surface area (Å²) in [6.45, 7) is 9.98. The number of benzene rings is 2. The molecule has 2 heterocycles. The van der Waals surface area contributed by atoms with E-state index in [-0.39, 0.29) is 11.9 Å². The Hall–Kier alpha value is -1.95. The molecule has 154 valence electrons. The Kier molecular flexibility index (Phi) is 8.90. The molecule has 28 heavy (non-hydrogen) atoms.